The monoisotopic (exact) mass is 229 g/mol. The number of nitrogens with one attached hydrogen (secondary N) is 1. The quantitative estimate of drug-likeness (QED) is 0.858. The largest absolute Gasteiger partial charge is 0.322 e. The van der Waals surface area contributed by atoms with Crippen molar-refractivity contribution in [2.24, 2.45) is 0 Å². The Morgan fingerprint density at radius 2 is 1.65 bits per heavy atom. The molecule has 17 heavy (non-hydrogen) atoms. The van der Waals surface area contributed by atoms with Gasteiger partial charge >= 0.3 is 0 Å². The van der Waals surface area contributed by atoms with Crippen molar-refractivity contribution in [2.75, 3.05) is 5.32 Å². The second-order valence-electron chi connectivity index (χ2n) is 3.61. The van der Waals surface area contributed by atoms with Crippen molar-refractivity contribution >= 4 is 11.6 Å². The Bertz CT molecular complexity index is 511. The molecule has 0 heterocycles. The average Bonchev–Trinajstić information content (AvgIpc) is 2.40. The Hall–Kier alpha value is -2.16. The molecule has 0 aliphatic heterocycles. The highest BCUT2D eigenvalue weighted by atomic mass is 19.1. The van der Waals surface area contributed by atoms with Crippen LogP contribution in [0.15, 0.2) is 54.6 Å². The van der Waals surface area contributed by atoms with E-state index in [4.69, 9.17) is 0 Å². The molecule has 0 spiro atoms. The van der Waals surface area contributed by atoms with Crippen molar-refractivity contribution in [2.45, 2.75) is 6.67 Å². The first-order chi connectivity index (χ1) is 8.31. The summed E-state index contributed by atoms with van der Waals surface area (Å²) in [5.41, 5.74) is 1.48. The van der Waals surface area contributed by atoms with E-state index in [9.17, 15) is 9.18 Å². The van der Waals surface area contributed by atoms with E-state index >= 15 is 0 Å². The molecular formula is C14H12FNO. The summed E-state index contributed by atoms with van der Waals surface area (Å²) in [6.45, 7) is -0.640. The fraction of sp³-hybridized carbons (Fsp3) is 0.0714. The molecule has 0 bridgehead atoms. The van der Waals surface area contributed by atoms with Crippen molar-refractivity contribution in [1.29, 1.82) is 0 Å². The number of hydrogen-bond acceptors (Lipinski definition) is 1. The third-order valence-corrected chi connectivity index (χ3v) is 2.44. The number of hydrogen-bond donors (Lipinski definition) is 1. The van der Waals surface area contributed by atoms with E-state index in [-0.39, 0.29) is 5.91 Å². The number of alkyl halides is 1. The summed E-state index contributed by atoms with van der Waals surface area (Å²) >= 11 is 0. The topological polar surface area (TPSA) is 29.1 Å². The van der Waals surface area contributed by atoms with Gasteiger partial charge < -0.3 is 5.32 Å². The van der Waals surface area contributed by atoms with Gasteiger partial charge in [-0.3, -0.25) is 4.79 Å². The number of benzene rings is 2. The third kappa shape index (κ3) is 2.69. The molecule has 0 saturated heterocycles. The van der Waals surface area contributed by atoms with Gasteiger partial charge in [0.1, 0.15) is 6.67 Å². The average molecular weight is 229 g/mol. The van der Waals surface area contributed by atoms with Gasteiger partial charge in [-0.1, -0.05) is 36.4 Å². The molecule has 3 heteroatoms. The molecule has 0 unspecified atom stereocenters. The van der Waals surface area contributed by atoms with Gasteiger partial charge in [-0.15, -0.1) is 0 Å². The molecule has 2 aromatic carbocycles. The fourth-order valence-corrected chi connectivity index (χ4v) is 1.58. The van der Waals surface area contributed by atoms with Crippen LogP contribution in [0.25, 0.3) is 0 Å². The summed E-state index contributed by atoms with van der Waals surface area (Å²) in [5, 5.41) is 2.73. The van der Waals surface area contributed by atoms with Crippen LogP contribution in [0.4, 0.5) is 10.1 Å². The second kappa shape index (κ2) is 5.25. The lowest BCUT2D eigenvalue weighted by Gasteiger charge is -2.07. The van der Waals surface area contributed by atoms with Crippen molar-refractivity contribution < 1.29 is 9.18 Å². The summed E-state index contributed by atoms with van der Waals surface area (Å²) in [5.74, 6) is -0.288. The predicted octanol–water partition coefficient (Wildman–Crippen LogP) is 3.41. The van der Waals surface area contributed by atoms with Crippen LogP contribution in [0, 0.1) is 0 Å². The molecule has 86 valence electrons. The smallest absolute Gasteiger partial charge is 0.256 e. The van der Waals surface area contributed by atoms with E-state index in [1.54, 1.807) is 36.4 Å². The summed E-state index contributed by atoms with van der Waals surface area (Å²) in [7, 11) is 0. The molecule has 0 atom stereocenters. The molecule has 0 aliphatic carbocycles. The Labute approximate surface area is 99.1 Å². The van der Waals surface area contributed by atoms with E-state index < -0.39 is 6.67 Å². The van der Waals surface area contributed by atoms with Crippen LogP contribution in [0.2, 0.25) is 0 Å². The summed E-state index contributed by atoms with van der Waals surface area (Å²) < 4.78 is 12.7. The van der Waals surface area contributed by atoms with Gasteiger partial charge in [-0.05, 0) is 23.8 Å². The first kappa shape index (κ1) is 11.3. The van der Waals surface area contributed by atoms with E-state index in [1.807, 2.05) is 18.2 Å². The number of anilines is 1. The number of para-hydroxylation sites is 1. The standard InChI is InChI=1S/C14H12FNO/c15-10-11-6-4-5-9-13(11)14(17)16-12-7-2-1-3-8-12/h1-9H,10H2,(H,16,17). The molecule has 2 nitrogen and oxygen atoms in total. The Morgan fingerprint density at radius 3 is 2.35 bits per heavy atom. The number of halogens is 1. The van der Waals surface area contributed by atoms with Crippen molar-refractivity contribution in [3.05, 3.63) is 65.7 Å². The number of carbonyl (C=O) groups excluding carboxylic acids is 1. The lowest BCUT2D eigenvalue weighted by molar-refractivity contribution is 0.102. The highest BCUT2D eigenvalue weighted by molar-refractivity contribution is 6.05. The maximum Gasteiger partial charge on any atom is 0.256 e. The predicted molar refractivity (Wildman–Crippen MR) is 65.6 cm³/mol. The van der Waals surface area contributed by atoms with Crippen LogP contribution >= 0.6 is 0 Å². The highest BCUT2D eigenvalue weighted by Crippen LogP contribution is 2.13. The molecular weight excluding hydrogens is 217 g/mol. The second-order valence-corrected chi connectivity index (χ2v) is 3.61. The summed E-state index contributed by atoms with van der Waals surface area (Å²) in [6, 6.07) is 15.8. The highest BCUT2D eigenvalue weighted by Gasteiger charge is 2.10. The molecule has 2 aromatic rings. The van der Waals surface area contributed by atoms with E-state index in [1.165, 1.54) is 0 Å². The maximum atomic E-state index is 12.7. The Kier molecular flexibility index (Phi) is 3.50. The molecule has 0 fully saturated rings. The van der Waals surface area contributed by atoms with E-state index in [0.29, 0.717) is 16.8 Å². The lowest BCUT2D eigenvalue weighted by Crippen LogP contribution is -2.13. The van der Waals surface area contributed by atoms with E-state index in [0.717, 1.165) is 0 Å². The molecule has 1 amide bonds. The van der Waals surface area contributed by atoms with Crippen molar-refractivity contribution in [1.82, 2.24) is 0 Å². The van der Waals surface area contributed by atoms with Gasteiger partial charge in [0.15, 0.2) is 0 Å². The van der Waals surface area contributed by atoms with Gasteiger partial charge in [-0.2, -0.15) is 0 Å². The third-order valence-electron chi connectivity index (χ3n) is 2.44. The van der Waals surface area contributed by atoms with E-state index in [2.05, 4.69) is 5.32 Å². The first-order valence-corrected chi connectivity index (χ1v) is 5.31. The first-order valence-electron chi connectivity index (χ1n) is 5.31. The number of rotatable bonds is 3. The Balaban J connectivity index is 2.20. The van der Waals surface area contributed by atoms with Crippen LogP contribution in [0.3, 0.4) is 0 Å². The molecule has 0 saturated carbocycles. The molecule has 0 aromatic heterocycles. The zero-order chi connectivity index (χ0) is 12.1. The zero-order valence-electron chi connectivity index (χ0n) is 9.19. The van der Waals surface area contributed by atoms with Crippen LogP contribution in [0.5, 0.6) is 0 Å². The summed E-state index contributed by atoms with van der Waals surface area (Å²) in [4.78, 5) is 11.9. The van der Waals surface area contributed by atoms with Crippen LogP contribution in [0.1, 0.15) is 15.9 Å². The fourth-order valence-electron chi connectivity index (χ4n) is 1.58. The van der Waals surface area contributed by atoms with Gasteiger partial charge in [0.05, 0.1) is 0 Å². The zero-order valence-corrected chi connectivity index (χ0v) is 9.19. The maximum absolute atomic E-state index is 12.7. The minimum absolute atomic E-state index is 0.288. The minimum atomic E-state index is -0.640. The molecule has 1 N–H and O–H groups in total. The lowest BCUT2D eigenvalue weighted by atomic mass is 10.1. The van der Waals surface area contributed by atoms with Gasteiger partial charge in [0, 0.05) is 11.3 Å². The van der Waals surface area contributed by atoms with Gasteiger partial charge in [-0.25, -0.2) is 4.39 Å². The van der Waals surface area contributed by atoms with Crippen LogP contribution in [-0.4, -0.2) is 5.91 Å². The molecule has 0 aliphatic rings. The van der Waals surface area contributed by atoms with Crippen molar-refractivity contribution in [3.8, 4) is 0 Å². The van der Waals surface area contributed by atoms with Crippen LogP contribution in [-0.2, 0) is 6.67 Å². The molecule has 2 rings (SSSR count). The van der Waals surface area contributed by atoms with Gasteiger partial charge in [0.25, 0.3) is 5.91 Å². The number of amides is 1. The molecule has 0 radical (unpaired) electrons. The minimum Gasteiger partial charge on any atom is -0.322 e. The normalized spacial score (nSPS) is 9.94. The van der Waals surface area contributed by atoms with Gasteiger partial charge in [0.2, 0.25) is 0 Å². The Morgan fingerprint density at radius 1 is 1.00 bits per heavy atom. The van der Waals surface area contributed by atoms with Crippen molar-refractivity contribution in [3.63, 3.8) is 0 Å². The summed E-state index contributed by atoms with van der Waals surface area (Å²) in [6.07, 6.45) is 0. The SMILES string of the molecule is O=C(Nc1ccccc1)c1ccccc1CF. The number of carbonyl (C=O) groups is 1. The van der Waals surface area contributed by atoms with Crippen LogP contribution < -0.4 is 5.32 Å².